The van der Waals surface area contributed by atoms with E-state index < -0.39 is 17.7 Å². The highest BCUT2D eigenvalue weighted by molar-refractivity contribution is 6.27. The second kappa shape index (κ2) is 26.3. The Hall–Kier alpha value is -3.48. The smallest absolute Gasteiger partial charge is 0.408 e. The molecule has 0 bridgehead atoms. The quantitative estimate of drug-likeness (QED) is 0.129. The van der Waals surface area contributed by atoms with Gasteiger partial charge in [0.05, 0.1) is 24.7 Å². The molecule has 3 unspecified atom stereocenters. The minimum absolute atomic E-state index is 0.176. The van der Waals surface area contributed by atoms with E-state index in [4.69, 9.17) is 9.47 Å². The summed E-state index contributed by atoms with van der Waals surface area (Å²) >= 11 is 0. The van der Waals surface area contributed by atoms with Gasteiger partial charge in [0.25, 0.3) is 0 Å². The molecule has 1 amide bonds. The third-order valence-electron chi connectivity index (χ3n) is 9.91. The summed E-state index contributed by atoms with van der Waals surface area (Å²) in [5, 5.41) is 8.26. The van der Waals surface area contributed by atoms with Crippen molar-refractivity contribution in [3.8, 4) is 0 Å². The fourth-order valence-electron chi connectivity index (χ4n) is 6.59. The molecule has 1 heterocycles. The van der Waals surface area contributed by atoms with E-state index in [2.05, 4.69) is 34.7 Å². The van der Waals surface area contributed by atoms with Crippen molar-refractivity contribution in [2.24, 2.45) is 23.7 Å². The van der Waals surface area contributed by atoms with Crippen LogP contribution in [0.5, 0.6) is 0 Å². The van der Waals surface area contributed by atoms with Gasteiger partial charge in [-0.05, 0) is 103 Å². The van der Waals surface area contributed by atoms with Gasteiger partial charge in [0.1, 0.15) is 24.8 Å². The molecular formula is C41H68N4O8. The van der Waals surface area contributed by atoms with Crippen molar-refractivity contribution in [2.75, 3.05) is 34.2 Å². The maximum absolute atomic E-state index is 11.6. The molecule has 1 aliphatic heterocycles. The monoisotopic (exact) mass is 745 g/mol. The van der Waals surface area contributed by atoms with Crippen LogP contribution >= 0.6 is 0 Å². The van der Waals surface area contributed by atoms with Gasteiger partial charge in [-0.15, -0.1) is 0 Å². The standard InChI is InChI=1S/C13H23NO3.C10H13NO2.C9H15NO2.C9H17NO/c1-13(2,3)17-12(16)14-11(9-15)10-7-5-4-6-8-10;1-11-7-10(12)13-8-9-5-3-2-4-6-9;1-10-8(9(12)6-11)5-7-3-2-4-7;1-7(2)8-4-5-10(3)9(8)6-11/h9-11H,4-8H2,1-3H3,(H,14,16);2-6,11H,7-8H2,1H3;6-8,10H,2-5H2,1H3;6-9H,4-5H2,1-3H3/t;;;8-,9?/m...1/s1. The highest BCUT2D eigenvalue weighted by Crippen LogP contribution is 2.30. The van der Waals surface area contributed by atoms with Gasteiger partial charge in [0.15, 0.2) is 6.29 Å². The molecule has 0 spiro atoms. The van der Waals surface area contributed by atoms with E-state index in [0.29, 0.717) is 30.6 Å². The van der Waals surface area contributed by atoms with E-state index in [9.17, 15) is 28.8 Å². The zero-order valence-corrected chi connectivity index (χ0v) is 33.6. The molecule has 1 aromatic rings. The Balaban J connectivity index is 0.000000358. The van der Waals surface area contributed by atoms with E-state index >= 15 is 0 Å². The highest BCUT2D eigenvalue weighted by atomic mass is 16.6. The normalized spacial score (nSPS) is 19.9. The summed E-state index contributed by atoms with van der Waals surface area (Å²) in [5.74, 6) is 1.60. The van der Waals surface area contributed by atoms with Crippen LogP contribution in [0.25, 0.3) is 0 Å². The first-order chi connectivity index (χ1) is 25.2. The zero-order chi connectivity index (χ0) is 39.8. The average molecular weight is 745 g/mol. The number of nitrogens with one attached hydrogen (secondary N) is 3. The highest BCUT2D eigenvalue weighted by Gasteiger charge is 2.33. The number of rotatable bonds is 14. The molecular weight excluding hydrogens is 676 g/mol. The van der Waals surface area contributed by atoms with Crippen LogP contribution in [-0.4, -0.2) is 99.6 Å². The average Bonchev–Trinajstić information content (AvgIpc) is 3.50. The van der Waals surface area contributed by atoms with Crippen molar-refractivity contribution in [2.45, 2.75) is 129 Å². The van der Waals surface area contributed by atoms with Crippen molar-refractivity contribution in [1.82, 2.24) is 20.9 Å². The predicted octanol–water partition coefficient (Wildman–Crippen LogP) is 5.30. The molecule has 0 aromatic heterocycles. The SMILES string of the molecule is CC(C)(C)OC(=O)NC(C=O)C1CCCCC1.CC(C)[C@H]1CCN(C)C1C=O.CNC(CC1CCC1)C(=O)C=O.CNCC(=O)OCc1ccccc1. The number of alkyl carbamates (subject to hydrolysis) is 1. The van der Waals surface area contributed by atoms with Crippen molar-refractivity contribution in [3.63, 3.8) is 0 Å². The molecule has 2 aliphatic carbocycles. The van der Waals surface area contributed by atoms with Crippen LogP contribution in [0.2, 0.25) is 0 Å². The number of carbonyl (C=O) groups excluding carboxylic acids is 6. The van der Waals surface area contributed by atoms with E-state index in [0.717, 1.165) is 56.8 Å². The first-order valence-electron chi connectivity index (χ1n) is 19.3. The zero-order valence-electron chi connectivity index (χ0n) is 33.6. The molecule has 2 saturated carbocycles. The van der Waals surface area contributed by atoms with Crippen LogP contribution in [0, 0.1) is 23.7 Å². The fourth-order valence-corrected chi connectivity index (χ4v) is 6.59. The van der Waals surface area contributed by atoms with E-state index in [1.165, 1.54) is 32.1 Å². The lowest BCUT2D eigenvalue weighted by molar-refractivity contribution is -0.143. The number of ketones is 1. The molecule has 3 aliphatic rings. The minimum atomic E-state index is -0.524. The van der Waals surface area contributed by atoms with Crippen LogP contribution in [0.1, 0.15) is 104 Å². The van der Waals surface area contributed by atoms with Crippen molar-refractivity contribution < 1.29 is 38.2 Å². The summed E-state index contributed by atoms with van der Waals surface area (Å²) in [6, 6.07) is 9.15. The van der Waals surface area contributed by atoms with Gasteiger partial charge in [-0.2, -0.15) is 0 Å². The Kier molecular flexibility index (Phi) is 23.6. The summed E-state index contributed by atoms with van der Waals surface area (Å²) in [6.45, 7) is 11.5. The Morgan fingerprint density at radius 3 is 2.02 bits per heavy atom. The molecule has 300 valence electrons. The Bertz CT molecular complexity index is 1210. The van der Waals surface area contributed by atoms with Crippen LogP contribution in [-0.2, 0) is 40.1 Å². The van der Waals surface area contributed by atoms with E-state index in [-0.39, 0.29) is 36.3 Å². The Morgan fingerprint density at radius 2 is 1.57 bits per heavy atom. The molecule has 12 nitrogen and oxygen atoms in total. The largest absolute Gasteiger partial charge is 0.460 e. The lowest BCUT2D eigenvalue weighted by atomic mass is 9.80. The first kappa shape index (κ1) is 47.5. The molecule has 12 heteroatoms. The maximum atomic E-state index is 11.6. The number of Topliss-reactive ketones (excluding diaryl/α,β-unsaturated/α-hetero) is 1. The topological polar surface area (TPSA) is 160 Å². The molecule has 1 aromatic carbocycles. The van der Waals surface area contributed by atoms with Gasteiger partial charge in [-0.1, -0.05) is 82.7 Å². The minimum Gasteiger partial charge on any atom is -0.460 e. The van der Waals surface area contributed by atoms with Crippen LogP contribution in [0.3, 0.4) is 0 Å². The fraction of sp³-hybridized carbons (Fsp3) is 0.707. The number of nitrogens with zero attached hydrogens (tertiary/aromatic N) is 1. The number of esters is 1. The molecule has 3 N–H and O–H groups in total. The molecule has 3 fully saturated rings. The van der Waals surface area contributed by atoms with Crippen LogP contribution < -0.4 is 16.0 Å². The van der Waals surface area contributed by atoms with Crippen molar-refractivity contribution in [3.05, 3.63) is 35.9 Å². The Labute approximate surface area is 318 Å². The van der Waals surface area contributed by atoms with E-state index in [1.54, 1.807) is 14.1 Å². The summed E-state index contributed by atoms with van der Waals surface area (Å²) in [7, 11) is 5.47. The van der Waals surface area contributed by atoms with Crippen LogP contribution in [0.4, 0.5) is 4.79 Å². The number of hydrogen-bond acceptors (Lipinski definition) is 11. The predicted molar refractivity (Wildman–Crippen MR) is 207 cm³/mol. The maximum Gasteiger partial charge on any atom is 0.408 e. The number of hydrogen-bond donors (Lipinski definition) is 3. The summed E-state index contributed by atoms with van der Waals surface area (Å²) in [6.07, 6.45) is 13.1. The second-order valence-corrected chi connectivity index (χ2v) is 15.6. The summed E-state index contributed by atoms with van der Waals surface area (Å²) < 4.78 is 10.1. The van der Waals surface area contributed by atoms with Crippen LogP contribution in [0.15, 0.2) is 30.3 Å². The molecule has 53 heavy (non-hydrogen) atoms. The third-order valence-corrected chi connectivity index (χ3v) is 9.91. The lowest BCUT2D eigenvalue weighted by Crippen LogP contribution is -2.44. The van der Waals surface area contributed by atoms with Gasteiger partial charge in [0.2, 0.25) is 5.78 Å². The van der Waals surface area contributed by atoms with E-state index in [1.807, 2.05) is 58.2 Å². The van der Waals surface area contributed by atoms with Gasteiger partial charge < -0.3 is 35.0 Å². The number of likely N-dealkylation sites (tertiary alicyclic amines) is 1. The number of aldehydes is 3. The lowest BCUT2D eigenvalue weighted by Gasteiger charge is -2.28. The number of benzene rings is 1. The second-order valence-electron chi connectivity index (χ2n) is 15.6. The number of ether oxygens (including phenoxy) is 2. The summed E-state index contributed by atoms with van der Waals surface area (Å²) in [5.41, 5.74) is 0.483. The van der Waals surface area contributed by atoms with Crippen molar-refractivity contribution in [1.29, 1.82) is 0 Å². The number of amides is 1. The van der Waals surface area contributed by atoms with Gasteiger partial charge in [-0.25, -0.2) is 4.79 Å². The van der Waals surface area contributed by atoms with Crippen molar-refractivity contribution >= 4 is 36.7 Å². The van der Waals surface area contributed by atoms with Gasteiger partial charge >= 0.3 is 12.1 Å². The summed E-state index contributed by atoms with van der Waals surface area (Å²) in [4.78, 5) is 67.6. The molecule has 1 saturated heterocycles. The molecule has 4 atom stereocenters. The number of likely N-dealkylation sites (N-methyl/N-ethyl adjacent to an activating group) is 3. The third kappa shape index (κ3) is 20.0. The van der Waals surface area contributed by atoms with Gasteiger partial charge in [0, 0.05) is 0 Å². The molecule has 0 radical (unpaired) electrons. The Morgan fingerprint density at radius 1 is 0.925 bits per heavy atom. The molecule has 4 rings (SSSR count). The number of carbonyl (C=O) groups is 6. The van der Waals surface area contributed by atoms with Gasteiger partial charge in [-0.3, -0.25) is 19.3 Å². The first-order valence-corrected chi connectivity index (χ1v) is 19.3.